The topological polar surface area (TPSA) is 64.2 Å². The second-order valence-electron chi connectivity index (χ2n) is 5.57. The van der Waals surface area contributed by atoms with Crippen molar-refractivity contribution >= 4 is 17.3 Å². The summed E-state index contributed by atoms with van der Waals surface area (Å²) in [4.78, 5) is 14.2. The Morgan fingerprint density at radius 3 is 2.95 bits per heavy atom. The number of hydrogen-bond acceptors (Lipinski definition) is 4. The number of hydrogen-bond donors (Lipinski definition) is 1. The van der Waals surface area contributed by atoms with Gasteiger partial charge in [-0.1, -0.05) is 25.4 Å². The minimum atomic E-state index is -0.216. The Labute approximate surface area is 118 Å². The van der Waals surface area contributed by atoms with Crippen LogP contribution in [0.2, 0.25) is 5.02 Å². The highest BCUT2D eigenvalue weighted by Crippen LogP contribution is 2.24. The summed E-state index contributed by atoms with van der Waals surface area (Å²) in [5, 5.41) is 4.47. The highest BCUT2D eigenvalue weighted by molar-refractivity contribution is 6.33. The maximum atomic E-state index is 12.2. The van der Waals surface area contributed by atoms with Crippen molar-refractivity contribution < 1.29 is 0 Å². The molecular formula is C13H21ClN4O. The summed E-state index contributed by atoms with van der Waals surface area (Å²) in [6, 6.07) is 0.142. The van der Waals surface area contributed by atoms with Gasteiger partial charge in [0.1, 0.15) is 5.02 Å². The van der Waals surface area contributed by atoms with Crippen molar-refractivity contribution in [1.29, 1.82) is 0 Å². The molecule has 1 aromatic heterocycles. The zero-order valence-corrected chi connectivity index (χ0v) is 12.2. The molecule has 106 valence electrons. The van der Waals surface area contributed by atoms with Crippen LogP contribution in [0, 0.1) is 5.92 Å². The van der Waals surface area contributed by atoms with Gasteiger partial charge >= 0.3 is 0 Å². The van der Waals surface area contributed by atoms with Gasteiger partial charge in [0.2, 0.25) is 0 Å². The number of piperidine rings is 1. The first-order valence-electron chi connectivity index (χ1n) is 6.75. The van der Waals surface area contributed by atoms with E-state index in [4.69, 9.17) is 17.3 Å². The molecule has 0 spiro atoms. The molecule has 1 aromatic rings. The van der Waals surface area contributed by atoms with Crippen LogP contribution in [-0.2, 0) is 6.54 Å². The Balaban J connectivity index is 2.28. The molecular weight excluding hydrogens is 264 g/mol. The van der Waals surface area contributed by atoms with E-state index in [9.17, 15) is 4.79 Å². The number of nitrogens with zero attached hydrogens (tertiary/aromatic N) is 3. The first-order valence-corrected chi connectivity index (χ1v) is 7.13. The molecule has 5 nitrogen and oxygen atoms in total. The second-order valence-corrected chi connectivity index (χ2v) is 5.95. The Kier molecular flexibility index (Phi) is 4.47. The maximum Gasteiger partial charge on any atom is 0.287 e. The molecule has 0 aliphatic carbocycles. The number of anilines is 1. The highest BCUT2D eigenvalue weighted by Gasteiger charge is 2.21. The van der Waals surface area contributed by atoms with Gasteiger partial charge in [-0.3, -0.25) is 4.79 Å². The number of aromatic nitrogens is 2. The molecule has 0 radical (unpaired) electrons. The third kappa shape index (κ3) is 3.28. The molecule has 19 heavy (non-hydrogen) atoms. The predicted molar refractivity (Wildman–Crippen MR) is 77.8 cm³/mol. The molecule has 0 amide bonds. The summed E-state index contributed by atoms with van der Waals surface area (Å²) in [7, 11) is 0. The summed E-state index contributed by atoms with van der Waals surface area (Å²) in [6.07, 6.45) is 3.72. The molecule has 2 N–H and O–H groups in total. The fraction of sp³-hybridized carbons (Fsp3) is 0.692. The van der Waals surface area contributed by atoms with Gasteiger partial charge in [-0.25, -0.2) is 4.68 Å². The highest BCUT2D eigenvalue weighted by atomic mass is 35.5. The van der Waals surface area contributed by atoms with Gasteiger partial charge in [0, 0.05) is 25.7 Å². The van der Waals surface area contributed by atoms with E-state index in [0.717, 1.165) is 25.9 Å². The fourth-order valence-electron chi connectivity index (χ4n) is 2.38. The van der Waals surface area contributed by atoms with Crippen molar-refractivity contribution in [2.24, 2.45) is 11.7 Å². The summed E-state index contributed by atoms with van der Waals surface area (Å²) >= 11 is 6.21. The van der Waals surface area contributed by atoms with E-state index in [1.807, 2.05) is 13.8 Å². The summed E-state index contributed by atoms with van der Waals surface area (Å²) in [5.74, 6) is 0.357. The average Bonchev–Trinajstić information content (AvgIpc) is 2.35. The molecule has 0 saturated carbocycles. The summed E-state index contributed by atoms with van der Waals surface area (Å²) in [5.41, 5.74) is 6.45. The normalized spacial score (nSPS) is 20.1. The quantitative estimate of drug-likeness (QED) is 0.913. The Hall–Kier alpha value is -1.07. The molecule has 1 atom stereocenters. The van der Waals surface area contributed by atoms with Gasteiger partial charge in [0.15, 0.2) is 0 Å². The van der Waals surface area contributed by atoms with Crippen molar-refractivity contribution in [3.05, 3.63) is 21.6 Å². The van der Waals surface area contributed by atoms with Gasteiger partial charge in [-0.15, -0.1) is 0 Å². The Morgan fingerprint density at radius 2 is 2.32 bits per heavy atom. The average molecular weight is 285 g/mol. The van der Waals surface area contributed by atoms with Crippen LogP contribution >= 0.6 is 11.6 Å². The van der Waals surface area contributed by atoms with Crippen LogP contribution in [0.3, 0.4) is 0 Å². The molecule has 0 bridgehead atoms. The molecule has 1 unspecified atom stereocenters. The lowest BCUT2D eigenvalue weighted by molar-refractivity contribution is 0.461. The summed E-state index contributed by atoms with van der Waals surface area (Å²) in [6.45, 7) is 6.27. The van der Waals surface area contributed by atoms with Crippen LogP contribution in [0.4, 0.5) is 5.69 Å². The zero-order valence-electron chi connectivity index (χ0n) is 11.5. The summed E-state index contributed by atoms with van der Waals surface area (Å²) < 4.78 is 1.43. The van der Waals surface area contributed by atoms with Crippen LogP contribution in [0.25, 0.3) is 0 Å². The lowest BCUT2D eigenvalue weighted by atomic mass is 10.1. The van der Waals surface area contributed by atoms with E-state index >= 15 is 0 Å². The molecule has 6 heteroatoms. The van der Waals surface area contributed by atoms with Gasteiger partial charge in [0.05, 0.1) is 11.9 Å². The molecule has 1 saturated heterocycles. The van der Waals surface area contributed by atoms with E-state index < -0.39 is 0 Å². The standard InChI is InChI=1S/C13H21ClN4O/c1-9(2)7-18-13(19)12(14)11(6-16-18)17-5-3-4-10(15)8-17/h6,9-10H,3-5,7-8,15H2,1-2H3. The van der Waals surface area contributed by atoms with Crippen LogP contribution in [0.5, 0.6) is 0 Å². The largest absolute Gasteiger partial charge is 0.367 e. The molecule has 1 aliphatic rings. The van der Waals surface area contributed by atoms with E-state index in [0.29, 0.717) is 18.2 Å². The first-order chi connectivity index (χ1) is 8.99. The Bertz CT molecular complexity index is 500. The van der Waals surface area contributed by atoms with E-state index in [-0.39, 0.29) is 16.6 Å². The first kappa shape index (κ1) is 14.3. The SMILES string of the molecule is CC(C)Cn1ncc(N2CCCC(N)C2)c(Cl)c1=O. The molecule has 2 heterocycles. The predicted octanol–water partition coefficient (Wildman–Crippen LogP) is 1.48. The smallest absolute Gasteiger partial charge is 0.287 e. The van der Waals surface area contributed by atoms with Gasteiger partial charge in [-0.2, -0.15) is 5.10 Å². The van der Waals surface area contributed by atoms with Crippen LogP contribution < -0.4 is 16.2 Å². The Morgan fingerprint density at radius 1 is 1.58 bits per heavy atom. The molecule has 0 aromatic carbocycles. The zero-order chi connectivity index (χ0) is 14.0. The number of nitrogens with two attached hydrogens (primary N) is 1. The fourth-order valence-corrected chi connectivity index (χ4v) is 2.65. The van der Waals surface area contributed by atoms with Crippen molar-refractivity contribution in [1.82, 2.24) is 9.78 Å². The van der Waals surface area contributed by atoms with Crippen LogP contribution in [0.15, 0.2) is 11.0 Å². The molecule has 1 fully saturated rings. The lowest BCUT2D eigenvalue weighted by Crippen LogP contribution is -2.43. The van der Waals surface area contributed by atoms with Crippen LogP contribution in [0.1, 0.15) is 26.7 Å². The van der Waals surface area contributed by atoms with Gasteiger partial charge in [-0.05, 0) is 18.8 Å². The van der Waals surface area contributed by atoms with Crippen LogP contribution in [-0.4, -0.2) is 28.9 Å². The van der Waals surface area contributed by atoms with Crippen molar-refractivity contribution in [2.75, 3.05) is 18.0 Å². The third-order valence-corrected chi connectivity index (χ3v) is 3.66. The molecule has 1 aliphatic heterocycles. The second kappa shape index (κ2) is 5.92. The van der Waals surface area contributed by atoms with Gasteiger partial charge < -0.3 is 10.6 Å². The number of halogens is 1. The third-order valence-electron chi connectivity index (χ3n) is 3.30. The minimum Gasteiger partial charge on any atom is -0.367 e. The minimum absolute atomic E-state index is 0.142. The van der Waals surface area contributed by atoms with E-state index in [1.165, 1.54) is 4.68 Å². The van der Waals surface area contributed by atoms with Crippen molar-refractivity contribution in [2.45, 2.75) is 39.3 Å². The lowest BCUT2D eigenvalue weighted by Gasteiger charge is -2.32. The van der Waals surface area contributed by atoms with Crippen molar-refractivity contribution in [3.8, 4) is 0 Å². The monoisotopic (exact) mass is 284 g/mol. The number of rotatable bonds is 3. The van der Waals surface area contributed by atoms with E-state index in [2.05, 4.69) is 10.00 Å². The van der Waals surface area contributed by atoms with Gasteiger partial charge in [0.25, 0.3) is 5.56 Å². The molecule has 2 rings (SSSR count). The van der Waals surface area contributed by atoms with E-state index in [1.54, 1.807) is 6.20 Å². The maximum absolute atomic E-state index is 12.2. The van der Waals surface area contributed by atoms with Crippen molar-refractivity contribution in [3.63, 3.8) is 0 Å².